The second-order valence-corrected chi connectivity index (χ2v) is 11.3. The van der Waals surface area contributed by atoms with E-state index in [9.17, 15) is 18.0 Å². The molecule has 1 aromatic carbocycles. The van der Waals surface area contributed by atoms with Gasteiger partial charge < -0.3 is 29.4 Å². The molecule has 0 atom stereocenters. The van der Waals surface area contributed by atoms with E-state index < -0.39 is 12.1 Å². The molecule has 0 spiro atoms. The van der Waals surface area contributed by atoms with Crippen molar-refractivity contribution in [1.82, 2.24) is 19.8 Å². The second-order valence-electron chi connectivity index (χ2n) is 11.3. The number of aliphatic carboxylic acids is 1. The monoisotopic (exact) mass is 618 g/mol. The Morgan fingerprint density at radius 1 is 1.09 bits per heavy atom. The van der Waals surface area contributed by atoms with Crippen LogP contribution < -0.4 is 20.3 Å². The minimum atomic E-state index is -5.08. The molecule has 240 valence electrons. The number of aryl methyl sites for hydroxylation is 1. The number of pyridine rings is 2. The third kappa shape index (κ3) is 8.72. The summed E-state index contributed by atoms with van der Waals surface area (Å²) in [4.78, 5) is 28.8. The molecule has 3 aromatic rings. The molecule has 5 rings (SSSR count). The zero-order valence-corrected chi connectivity index (χ0v) is 25.2. The van der Waals surface area contributed by atoms with Crippen LogP contribution >= 0.6 is 0 Å². The van der Waals surface area contributed by atoms with Crippen molar-refractivity contribution in [2.75, 3.05) is 39.8 Å². The summed E-state index contributed by atoms with van der Waals surface area (Å²) in [5.41, 5.74) is 2.02. The van der Waals surface area contributed by atoms with Crippen LogP contribution in [0.1, 0.15) is 45.4 Å². The van der Waals surface area contributed by atoms with E-state index in [1.807, 2.05) is 29.0 Å². The Kier molecular flexibility index (Phi) is 11.6. The molecule has 12 heteroatoms. The van der Waals surface area contributed by atoms with E-state index in [0.29, 0.717) is 11.9 Å². The van der Waals surface area contributed by atoms with E-state index >= 15 is 0 Å². The van der Waals surface area contributed by atoms with Crippen molar-refractivity contribution in [2.24, 2.45) is 5.92 Å². The van der Waals surface area contributed by atoms with Gasteiger partial charge in [0.2, 0.25) is 0 Å². The molecule has 0 radical (unpaired) electrons. The fourth-order valence-corrected chi connectivity index (χ4v) is 5.71. The predicted octanol–water partition coefficient (Wildman–Crippen LogP) is 5.35. The Bertz CT molecular complexity index is 1450. The number of carboxylic acids is 1. The van der Waals surface area contributed by atoms with Crippen molar-refractivity contribution >= 4 is 16.7 Å². The van der Waals surface area contributed by atoms with Crippen LogP contribution in [0.25, 0.3) is 21.9 Å². The van der Waals surface area contributed by atoms with Crippen LogP contribution in [0.4, 0.5) is 13.2 Å². The summed E-state index contributed by atoms with van der Waals surface area (Å²) in [6.45, 7) is 8.55. The van der Waals surface area contributed by atoms with E-state index in [0.717, 1.165) is 85.8 Å². The molecule has 2 aliphatic rings. The number of aromatic nitrogens is 2. The molecule has 0 amide bonds. The lowest BCUT2D eigenvalue weighted by molar-refractivity contribution is -0.192. The third-order valence-corrected chi connectivity index (χ3v) is 8.16. The molecule has 2 N–H and O–H groups in total. The topological polar surface area (TPSA) is 106 Å². The molecule has 2 aromatic heterocycles. The standard InChI is InChI=1S/C30H40N4O3.C2HF3O2/c1-3-4-15-34-21-27(25-9-14-32-19-26(25)30(34)35)23-5-6-28(29(18-23)36-2)37-24-10-16-33(17-11-24)20-22-7-12-31-13-8-22;3-2(4,5)1(6)7/h5-6,9,14,18-19,21-22,24,31H,3-4,7-8,10-13,15-17,20H2,1-2H3;(H,6,7). The molecule has 0 bridgehead atoms. The van der Waals surface area contributed by atoms with Gasteiger partial charge in [-0.15, -0.1) is 0 Å². The lowest BCUT2D eigenvalue weighted by Gasteiger charge is -2.35. The first-order valence-corrected chi connectivity index (χ1v) is 15.2. The maximum absolute atomic E-state index is 13.0. The van der Waals surface area contributed by atoms with Gasteiger partial charge in [0.15, 0.2) is 11.5 Å². The summed E-state index contributed by atoms with van der Waals surface area (Å²) in [5.74, 6) is -0.418. The number of hydrogen-bond donors (Lipinski definition) is 2. The van der Waals surface area contributed by atoms with Crippen LogP contribution in [0.5, 0.6) is 11.5 Å². The number of ether oxygens (including phenoxy) is 2. The average Bonchev–Trinajstić information content (AvgIpc) is 3.02. The Morgan fingerprint density at radius 3 is 2.43 bits per heavy atom. The number of nitrogens with zero attached hydrogens (tertiary/aromatic N) is 3. The van der Waals surface area contributed by atoms with E-state index in [4.69, 9.17) is 19.4 Å². The fourth-order valence-electron chi connectivity index (χ4n) is 5.71. The number of nitrogens with one attached hydrogen (secondary N) is 1. The summed E-state index contributed by atoms with van der Waals surface area (Å²) >= 11 is 0. The number of fused-ring (bicyclic) bond motifs is 1. The maximum Gasteiger partial charge on any atom is 0.490 e. The quantitative estimate of drug-likeness (QED) is 0.331. The van der Waals surface area contributed by atoms with Gasteiger partial charge in [0.05, 0.1) is 12.5 Å². The number of unbranched alkanes of at least 4 members (excludes halogenated alkanes) is 1. The second kappa shape index (κ2) is 15.4. The number of rotatable bonds is 9. The lowest BCUT2D eigenvalue weighted by Crippen LogP contribution is -2.42. The van der Waals surface area contributed by atoms with Crippen LogP contribution in [0.15, 0.2) is 47.7 Å². The number of carbonyl (C=O) groups is 1. The molecule has 4 heterocycles. The number of halogens is 3. The Morgan fingerprint density at radius 2 is 1.80 bits per heavy atom. The first kappa shape index (κ1) is 33.3. The van der Waals surface area contributed by atoms with Crippen LogP contribution in [0.2, 0.25) is 0 Å². The number of hydrogen-bond acceptors (Lipinski definition) is 7. The minimum Gasteiger partial charge on any atom is -0.493 e. The van der Waals surface area contributed by atoms with Crippen molar-refractivity contribution in [1.29, 1.82) is 0 Å². The lowest BCUT2D eigenvalue weighted by atomic mass is 9.96. The van der Waals surface area contributed by atoms with Crippen LogP contribution in [0.3, 0.4) is 0 Å². The molecule has 2 saturated heterocycles. The van der Waals surface area contributed by atoms with Crippen molar-refractivity contribution in [3.8, 4) is 22.6 Å². The van der Waals surface area contributed by atoms with E-state index in [1.54, 1.807) is 19.5 Å². The van der Waals surface area contributed by atoms with Gasteiger partial charge in [-0.2, -0.15) is 13.2 Å². The van der Waals surface area contributed by atoms with Gasteiger partial charge in [-0.25, -0.2) is 4.79 Å². The molecular formula is C32H41F3N4O5. The van der Waals surface area contributed by atoms with Gasteiger partial charge in [0.1, 0.15) is 6.10 Å². The summed E-state index contributed by atoms with van der Waals surface area (Å²) in [6, 6.07) is 8.05. The van der Waals surface area contributed by atoms with E-state index in [1.165, 1.54) is 19.4 Å². The van der Waals surface area contributed by atoms with Crippen molar-refractivity contribution in [2.45, 2.75) is 64.3 Å². The Labute approximate surface area is 255 Å². The number of alkyl halides is 3. The molecule has 0 saturated carbocycles. The first-order chi connectivity index (χ1) is 21.1. The van der Waals surface area contributed by atoms with Crippen molar-refractivity contribution in [3.63, 3.8) is 0 Å². The van der Waals surface area contributed by atoms with Gasteiger partial charge in [0, 0.05) is 50.3 Å². The highest BCUT2D eigenvalue weighted by Crippen LogP contribution is 2.36. The summed E-state index contributed by atoms with van der Waals surface area (Å²) in [7, 11) is 1.69. The highest BCUT2D eigenvalue weighted by molar-refractivity contribution is 5.95. The summed E-state index contributed by atoms with van der Waals surface area (Å²) in [5, 5.41) is 12.1. The van der Waals surface area contributed by atoms with Gasteiger partial charge in [-0.1, -0.05) is 19.4 Å². The maximum atomic E-state index is 13.0. The smallest absolute Gasteiger partial charge is 0.490 e. The molecule has 9 nitrogen and oxygen atoms in total. The van der Waals surface area contributed by atoms with Gasteiger partial charge in [-0.3, -0.25) is 9.78 Å². The normalized spacial score (nSPS) is 16.8. The summed E-state index contributed by atoms with van der Waals surface area (Å²) < 4.78 is 45.8. The highest BCUT2D eigenvalue weighted by atomic mass is 19.4. The Hall–Kier alpha value is -3.64. The van der Waals surface area contributed by atoms with Gasteiger partial charge in [-0.05, 0) is 80.3 Å². The first-order valence-electron chi connectivity index (χ1n) is 15.2. The minimum absolute atomic E-state index is 0.0127. The van der Waals surface area contributed by atoms with Crippen LogP contribution in [0, 0.1) is 5.92 Å². The summed E-state index contributed by atoms with van der Waals surface area (Å²) in [6.07, 6.45) is 7.17. The number of likely N-dealkylation sites (tertiary alicyclic amines) is 1. The van der Waals surface area contributed by atoms with Crippen molar-refractivity contribution in [3.05, 3.63) is 53.2 Å². The predicted molar refractivity (Wildman–Crippen MR) is 162 cm³/mol. The van der Waals surface area contributed by atoms with Gasteiger partial charge >= 0.3 is 12.1 Å². The molecular weight excluding hydrogens is 577 g/mol. The molecule has 2 fully saturated rings. The average molecular weight is 619 g/mol. The zero-order valence-electron chi connectivity index (χ0n) is 25.2. The SMILES string of the molecule is CCCCn1cc(-c2ccc(OC3CCN(CC4CCNCC4)CC3)c(OC)c2)c2ccncc2c1=O.O=C(O)C(F)(F)F. The molecule has 0 unspecified atom stereocenters. The van der Waals surface area contributed by atoms with Crippen LogP contribution in [-0.4, -0.2) is 77.6 Å². The molecule has 2 aliphatic heterocycles. The van der Waals surface area contributed by atoms with E-state index in [2.05, 4.69) is 28.2 Å². The van der Waals surface area contributed by atoms with E-state index in [-0.39, 0.29) is 11.7 Å². The number of methoxy groups -OCH3 is 1. The molecule has 0 aliphatic carbocycles. The number of piperidine rings is 2. The fraction of sp³-hybridized carbons (Fsp3) is 0.531. The van der Waals surface area contributed by atoms with Crippen molar-refractivity contribution < 1.29 is 32.5 Å². The Balaban J connectivity index is 0.000000566. The molecule has 44 heavy (non-hydrogen) atoms. The largest absolute Gasteiger partial charge is 0.493 e. The highest BCUT2D eigenvalue weighted by Gasteiger charge is 2.38. The zero-order chi connectivity index (χ0) is 31.7. The van der Waals surface area contributed by atoms with Gasteiger partial charge in [0.25, 0.3) is 5.56 Å². The third-order valence-electron chi connectivity index (χ3n) is 8.16. The van der Waals surface area contributed by atoms with Crippen LogP contribution in [-0.2, 0) is 11.3 Å². The number of carboxylic acid groups (broad SMARTS) is 1. The number of benzene rings is 1.